The predicted octanol–water partition coefficient (Wildman–Crippen LogP) is 2.41. The van der Waals surface area contributed by atoms with Crippen molar-refractivity contribution in [3.63, 3.8) is 0 Å². The maximum atomic E-state index is 3.41. The third-order valence-corrected chi connectivity index (χ3v) is 2.13. The molecule has 0 radical (unpaired) electrons. The Morgan fingerprint density at radius 1 is 0.917 bits per heavy atom. The number of rotatable bonds is 8. The van der Waals surface area contributed by atoms with Crippen LogP contribution in [-0.2, 0) is 0 Å². The van der Waals surface area contributed by atoms with Crippen LogP contribution in [0.2, 0.25) is 0 Å². The molecule has 0 heterocycles. The summed E-state index contributed by atoms with van der Waals surface area (Å²) in [4.78, 5) is 0. The third-order valence-electron chi connectivity index (χ3n) is 2.13. The van der Waals surface area contributed by atoms with Crippen LogP contribution in [0.1, 0.15) is 46.5 Å². The Kier molecular flexibility index (Phi) is 8.95. The van der Waals surface area contributed by atoms with Crippen molar-refractivity contribution >= 4 is 0 Å². The van der Waals surface area contributed by atoms with Crippen LogP contribution in [0.5, 0.6) is 0 Å². The van der Waals surface area contributed by atoms with E-state index in [4.69, 9.17) is 0 Å². The van der Waals surface area contributed by atoms with Gasteiger partial charge in [-0.05, 0) is 6.42 Å². The first kappa shape index (κ1) is 11.9. The molecule has 0 aliphatic heterocycles. The summed E-state index contributed by atoms with van der Waals surface area (Å²) in [5.41, 5.74) is 3.41. The standard InChI is InChI=1S/C10H24N2/c1-4-7-8-9-10-11-12(5-2)6-3/h11H,4-10H2,1-3H3. The number of hydrogen-bond acceptors (Lipinski definition) is 2. The lowest BCUT2D eigenvalue weighted by atomic mass is 10.2. The van der Waals surface area contributed by atoms with Crippen LogP contribution in [0.25, 0.3) is 0 Å². The lowest BCUT2D eigenvalue weighted by Crippen LogP contribution is -2.38. The van der Waals surface area contributed by atoms with Gasteiger partial charge in [-0.1, -0.05) is 40.0 Å². The summed E-state index contributed by atoms with van der Waals surface area (Å²) in [5, 5.41) is 2.26. The minimum absolute atomic E-state index is 1.10. The average Bonchev–Trinajstić information content (AvgIpc) is 2.11. The fourth-order valence-corrected chi connectivity index (χ4v) is 1.24. The van der Waals surface area contributed by atoms with E-state index in [1.807, 2.05) is 0 Å². The molecule has 2 nitrogen and oxygen atoms in total. The molecular weight excluding hydrogens is 148 g/mol. The van der Waals surface area contributed by atoms with Crippen molar-refractivity contribution in [1.82, 2.24) is 10.4 Å². The summed E-state index contributed by atoms with van der Waals surface area (Å²) in [6, 6.07) is 0. The van der Waals surface area contributed by atoms with E-state index in [-0.39, 0.29) is 0 Å². The largest absolute Gasteiger partial charge is 0.255 e. The van der Waals surface area contributed by atoms with Crippen molar-refractivity contribution in [1.29, 1.82) is 0 Å². The van der Waals surface area contributed by atoms with E-state index in [2.05, 4.69) is 31.2 Å². The molecule has 0 amide bonds. The topological polar surface area (TPSA) is 15.3 Å². The van der Waals surface area contributed by atoms with Crippen molar-refractivity contribution in [2.45, 2.75) is 46.5 Å². The number of hydrogen-bond donors (Lipinski definition) is 1. The Morgan fingerprint density at radius 3 is 2.08 bits per heavy atom. The van der Waals surface area contributed by atoms with E-state index in [0.29, 0.717) is 0 Å². The molecule has 0 atom stereocenters. The highest BCUT2D eigenvalue weighted by atomic mass is 15.5. The molecule has 74 valence electrons. The van der Waals surface area contributed by atoms with E-state index >= 15 is 0 Å². The summed E-state index contributed by atoms with van der Waals surface area (Å²) in [6.07, 6.45) is 5.38. The number of nitrogens with zero attached hydrogens (tertiary/aromatic N) is 1. The van der Waals surface area contributed by atoms with Gasteiger partial charge in [-0.3, -0.25) is 5.43 Å². The molecule has 2 heteroatoms. The van der Waals surface area contributed by atoms with Crippen LogP contribution in [0.15, 0.2) is 0 Å². The second-order valence-corrected chi connectivity index (χ2v) is 3.14. The molecule has 0 bridgehead atoms. The molecule has 0 spiro atoms. The quantitative estimate of drug-likeness (QED) is 0.447. The van der Waals surface area contributed by atoms with E-state index in [1.165, 1.54) is 25.7 Å². The summed E-state index contributed by atoms with van der Waals surface area (Å²) < 4.78 is 0. The molecular formula is C10H24N2. The van der Waals surface area contributed by atoms with Crippen molar-refractivity contribution in [2.24, 2.45) is 0 Å². The normalized spacial score (nSPS) is 11.0. The molecule has 0 saturated carbocycles. The summed E-state index contributed by atoms with van der Waals surface area (Å²) in [5.74, 6) is 0. The van der Waals surface area contributed by atoms with E-state index in [0.717, 1.165) is 19.6 Å². The second kappa shape index (κ2) is 9.01. The molecule has 0 unspecified atom stereocenters. The van der Waals surface area contributed by atoms with Crippen LogP contribution in [-0.4, -0.2) is 24.6 Å². The van der Waals surface area contributed by atoms with Crippen LogP contribution < -0.4 is 5.43 Å². The Bertz CT molecular complexity index is 79.9. The molecule has 0 fully saturated rings. The second-order valence-electron chi connectivity index (χ2n) is 3.14. The van der Waals surface area contributed by atoms with Gasteiger partial charge in [0.1, 0.15) is 0 Å². The van der Waals surface area contributed by atoms with Gasteiger partial charge in [0, 0.05) is 19.6 Å². The van der Waals surface area contributed by atoms with Crippen molar-refractivity contribution in [3.8, 4) is 0 Å². The molecule has 0 aliphatic rings. The first-order valence-electron chi connectivity index (χ1n) is 5.33. The van der Waals surface area contributed by atoms with Crippen molar-refractivity contribution < 1.29 is 0 Å². The zero-order valence-electron chi connectivity index (χ0n) is 8.90. The number of nitrogens with one attached hydrogen (secondary N) is 1. The SMILES string of the molecule is CCCCCCNN(CC)CC. The van der Waals surface area contributed by atoms with Gasteiger partial charge >= 0.3 is 0 Å². The molecule has 0 aliphatic carbocycles. The minimum atomic E-state index is 1.10. The Balaban J connectivity index is 3.06. The van der Waals surface area contributed by atoms with Crippen molar-refractivity contribution in [3.05, 3.63) is 0 Å². The summed E-state index contributed by atoms with van der Waals surface area (Å²) in [6.45, 7) is 9.96. The fourth-order valence-electron chi connectivity index (χ4n) is 1.24. The van der Waals surface area contributed by atoms with E-state index in [9.17, 15) is 0 Å². The molecule has 0 rings (SSSR count). The summed E-state index contributed by atoms with van der Waals surface area (Å²) in [7, 11) is 0. The predicted molar refractivity (Wildman–Crippen MR) is 55.1 cm³/mol. The lowest BCUT2D eigenvalue weighted by Gasteiger charge is -2.19. The monoisotopic (exact) mass is 172 g/mol. The van der Waals surface area contributed by atoms with E-state index in [1.54, 1.807) is 0 Å². The zero-order chi connectivity index (χ0) is 9.23. The van der Waals surface area contributed by atoms with Crippen LogP contribution in [0.4, 0.5) is 0 Å². The molecule has 0 aromatic carbocycles. The highest BCUT2D eigenvalue weighted by Gasteiger charge is 1.95. The Hall–Kier alpha value is -0.0800. The minimum Gasteiger partial charge on any atom is -0.255 e. The first-order chi connectivity index (χ1) is 5.85. The van der Waals surface area contributed by atoms with Crippen molar-refractivity contribution in [2.75, 3.05) is 19.6 Å². The van der Waals surface area contributed by atoms with Gasteiger partial charge in [-0.15, -0.1) is 0 Å². The molecule has 0 saturated heterocycles. The highest BCUT2D eigenvalue weighted by molar-refractivity contribution is 4.47. The van der Waals surface area contributed by atoms with Crippen LogP contribution in [0.3, 0.4) is 0 Å². The molecule has 0 aromatic heterocycles. The molecule has 12 heavy (non-hydrogen) atoms. The van der Waals surface area contributed by atoms with Gasteiger partial charge in [0.15, 0.2) is 0 Å². The van der Waals surface area contributed by atoms with E-state index < -0.39 is 0 Å². The number of hydrazine groups is 1. The van der Waals surface area contributed by atoms with Gasteiger partial charge in [0.05, 0.1) is 0 Å². The Labute approximate surface area is 77.3 Å². The van der Waals surface area contributed by atoms with Gasteiger partial charge in [0.2, 0.25) is 0 Å². The van der Waals surface area contributed by atoms with Gasteiger partial charge < -0.3 is 0 Å². The summed E-state index contributed by atoms with van der Waals surface area (Å²) >= 11 is 0. The Morgan fingerprint density at radius 2 is 1.58 bits per heavy atom. The van der Waals surface area contributed by atoms with Crippen LogP contribution in [0, 0.1) is 0 Å². The molecule has 0 aromatic rings. The fraction of sp³-hybridized carbons (Fsp3) is 1.00. The average molecular weight is 172 g/mol. The maximum Gasteiger partial charge on any atom is 0.0102 e. The van der Waals surface area contributed by atoms with Gasteiger partial charge in [0.25, 0.3) is 0 Å². The maximum absolute atomic E-state index is 3.41. The van der Waals surface area contributed by atoms with Crippen LogP contribution >= 0.6 is 0 Å². The lowest BCUT2D eigenvalue weighted by molar-refractivity contribution is 0.207. The van der Waals surface area contributed by atoms with Gasteiger partial charge in [-0.2, -0.15) is 0 Å². The van der Waals surface area contributed by atoms with Gasteiger partial charge in [-0.25, -0.2) is 5.01 Å². The first-order valence-corrected chi connectivity index (χ1v) is 5.33. The zero-order valence-corrected chi connectivity index (χ0v) is 8.90. The smallest absolute Gasteiger partial charge is 0.0102 e. The highest BCUT2D eigenvalue weighted by Crippen LogP contribution is 1.97. The third kappa shape index (κ3) is 6.62. The molecule has 1 N–H and O–H groups in total. The number of unbranched alkanes of at least 4 members (excludes halogenated alkanes) is 3.